The van der Waals surface area contributed by atoms with Crippen molar-refractivity contribution in [3.8, 4) is 0 Å². The van der Waals surface area contributed by atoms with Crippen LogP contribution in [0.15, 0.2) is 28.7 Å². The Kier molecular flexibility index (Phi) is 3.95. The third-order valence-electron chi connectivity index (χ3n) is 1.86. The zero-order valence-corrected chi connectivity index (χ0v) is 9.74. The number of ether oxygens (including phenoxy) is 1. The van der Waals surface area contributed by atoms with Crippen LogP contribution in [0.4, 0.5) is 5.69 Å². The Hall–Kier alpha value is -1.03. The number of carbonyl (C=O) groups excluding carboxylic acids is 1. The number of hydrogen-bond donors (Lipinski definition) is 0. The van der Waals surface area contributed by atoms with Gasteiger partial charge in [-0.1, -0.05) is 12.1 Å². The number of hydrogen-bond acceptors (Lipinski definition) is 3. The van der Waals surface area contributed by atoms with Crippen LogP contribution in [-0.4, -0.2) is 26.7 Å². The summed E-state index contributed by atoms with van der Waals surface area (Å²) >= 11 is 3.41. The second-order valence-corrected chi connectivity index (χ2v) is 3.74. The molecule has 1 rings (SSSR count). The highest BCUT2D eigenvalue weighted by atomic mass is 79.9. The van der Waals surface area contributed by atoms with Gasteiger partial charge in [0.05, 0.1) is 12.8 Å². The molecule has 76 valence electrons. The molecule has 1 aromatic carbocycles. The highest BCUT2D eigenvalue weighted by Gasteiger charge is 2.08. The van der Waals surface area contributed by atoms with Crippen LogP contribution in [0.5, 0.6) is 0 Å². The lowest BCUT2D eigenvalue weighted by Gasteiger charge is -2.18. The van der Waals surface area contributed by atoms with E-state index in [0.717, 1.165) is 10.2 Å². The molecule has 14 heavy (non-hydrogen) atoms. The first kappa shape index (κ1) is 11.0. The van der Waals surface area contributed by atoms with Gasteiger partial charge in [0.2, 0.25) is 0 Å². The number of rotatable bonds is 3. The normalized spacial score (nSPS) is 9.64. The van der Waals surface area contributed by atoms with Crippen LogP contribution in [0.3, 0.4) is 0 Å². The van der Waals surface area contributed by atoms with Crippen molar-refractivity contribution in [3.05, 3.63) is 28.7 Å². The van der Waals surface area contributed by atoms with E-state index in [1.807, 2.05) is 36.2 Å². The van der Waals surface area contributed by atoms with Gasteiger partial charge in [-0.3, -0.25) is 4.79 Å². The molecular weight excluding hydrogens is 246 g/mol. The molecule has 0 aromatic heterocycles. The monoisotopic (exact) mass is 257 g/mol. The molecule has 0 N–H and O–H groups in total. The average molecular weight is 258 g/mol. The Morgan fingerprint density at radius 3 is 2.71 bits per heavy atom. The molecule has 3 nitrogen and oxygen atoms in total. The largest absolute Gasteiger partial charge is 0.468 e. The summed E-state index contributed by atoms with van der Waals surface area (Å²) in [5.74, 6) is -0.247. The van der Waals surface area contributed by atoms with Crippen molar-refractivity contribution in [1.82, 2.24) is 0 Å². The number of esters is 1. The predicted octanol–water partition coefficient (Wildman–Crippen LogP) is 2.06. The van der Waals surface area contributed by atoms with E-state index >= 15 is 0 Å². The molecule has 0 atom stereocenters. The number of carbonyl (C=O) groups is 1. The molecule has 4 heteroatoms. The molecule has 0 aliphatic heterocycles. The minimum Gasteiger partial charge on any atom is -0.468 e. The fraction of sp³-hybridized carbons (Fsp3) is 0.300. The van der Waals surface area contributed by atoms with E-state index < -0.39 is 0 Å². The first-order valence-corrected chi connectivity index (χ1v) is 4.97. The van der Waals surface area contributed by atoms with Crippen molar-refractivity contribution in [2.24, 2.45) is 0 Å². The molecule has 0 unspecified atom stereocenters. The Labute approximate surface area is 91.8 Å². The van der Waals surface area contributed by atoms with Crippen molar-refractivity contribution in [2.75, 3.05) is 25.6 Å². The number of halogens is 1. The van der Waals surface area contributed by atoms with E-state index in [2.05, 4.69) is 20.7 Å². The van der Waals surface area contributed by atoms with Crippen LogP contribution in [0.25, 0.3) is 0 Å². The number of para-hydroxylation sites is 1. The summed E-state index contributed by atoms with van der Waals surface area (Å²) in [5, 5.41) is 0. The van der Waals surface area contributed by atoms with Gasteiger partial charge < -0.3 is 9.64 Å². The van der Waals surface area contributed by atoms with Crippen LogP contribution in [0, 0.1) is 0 Å². The number of likely N-dealkylation sites (N-methyl/N-ethyl adjacent to an activating group) is 1. The second kappa shape index (κ2) is 5.00. The maximum absolute atomic E-state index is 11.0. The maximum Gasteiger partial charge on any atom is 0.325 e. The molecule has 0 amide bonds. The summed E-state index contributed by atoms with van der Waals surface area (Å²) in [6.45, 7) is 0.249. The van der Waals surface area contributed by atoms with Gasteiger partial charge >= 0.3 is 5.97 Å². The fourth-order valence-electron chi connectivity index (χ4n) is 1.10. The second-order valence-electron chi connectivity index (χ2n) is 2.88. The van der Waals surface area contributed by atoms with E-state index in [9.17, 15) is 4.79 Å². The van der Waals surface area contributed by atoms with Crippen molar-refractivity contribution in [1.29, 1.82) is 0 Å². The predicted molar refractivity (Wildman–Crippen MR) is 59.4 cm³/mol. The first-order valence-electron chi connectivity index (χ1n) is 4.17. The SMILES string of the molecule is COC(=O)CN(C)c1ccccc1Br. The highest BCUT2D eigenvalue weighted by molar-refractivity contribution is 9.10. The Bertz CT molecular complexity index is 328. The van der Waals surface area contributed by atoms with Crippen LogP contribution < -0.4 is 4.90 Å². The number of benzene rings is 1. The quantitative estimate of drug-likeness (QED) is 0.777. The van der Waals surface area contributed by atoms with E-state index in [1.165, 1.54) is 7.11 Å². The summed E-state index contributed by atoms with van der Waals surface area (Å²) in [7, 11) is 3.23. The minimum atomic E-state index is -0.247. The van der Waals surface area contributed by atoms with Crippen molar-refractivity contribution >= 4 is 27.6 Å². The zero-order chi connectivity index (χ0) is 10.6. The summed E-state index contributed by atoms with van der Waals surface area (Å²) in [6, 6.07) is 7.73. The smallest absolute Gasteiger partial charge is 0.325 e. The lowest BCUT2D eigenvalue weighted by atomic mass is 10.3. The van der Waals surface area contributed by atoms with Gasteiger partial charge in [0.1, 0.15) is 6.54 Å². The summed E-state index contributed by atoms with van der Waals surface area (Å²) in [6.07, 6.45) is 0. The van der Waals surface area contributed by atoms with Crippen LogP contribution >= 0.6 is 15.9 Å². The molecule has 0 heterocycles. The van der Waals surface area contributed by atoms with Gasteiger partial charge in [-0.2, -0.15) is 0 Å². The summed E-state index contributed by atoms with van der Waals surface area (Å²) in [4.78, 5) is 12.9. The third-order valence-corrected chi connectivity index (χ3v) is 2.53. The van der Waals surface area contributed by atoms with Crippen LogP contribution in [-0.2, 0) is 9.53 Å². The Morgan fingerprint density at radius 2 is 2.14 bits per heavy atom. The molecule has 0 radical (unpaired) electrons. The van der Waals surface area contributed by atoms with E-state index in [-0.39, 0.29) is 12.5 Å². The number of anilines is 1. The van der Waals surface area contributed by atoms with Crippen molar-refractivity contribution < 1.29 is 9.53 Å². The fourth-order valence-corrected chi connectivity index (χ4v) is 1.69. The molecule has 0 saturated carbocycles. The van der Waals surface area contributed by atoms with Gasteiger partial charge in [0.15, 0.2) is 0 Å². The topological polar surface area (TPSA) is 29.5 Å². The molecule has 0 aliphatic carbocycles. The maximum atomic E-state index is 11.0. The van der Waals surface area contributed by atoms with Gasteiger partial charge in [-0.15, -0.1) is 0 Å². The van der Waals surface area contributed by atoms with Gasteiger partial charge in [-0.05, 0) is 28.1 Å². The minimum absolute atomic E-state index is 0.247. The lowest BCUT2D eigenvalue weighted by Crippen LogP contribution is -2.26. The first-order chi connectivity index (χ1) is 6.65. The highest BCUT2D eigenvalue weighted by Crippen LogP contribution is 2.24. The molecule has 0 spiro atoms. The average Bonchev–Trinajstić information content (AvgIpc) is 2.18. The Morgan fingerprint density at radius 1 is 1.50 bits per heavy atom. The molecule has 0 bridgehead atoms. The zero-order valence-electron chi connectivity index (χ0n) is 8.16. The molecule has 0 saturated heterocycles. The van der Waals surface area contributed by atoms with E-state index in [0.29, 0.717) is 0 Å². The van der Waals surface area contributed by atoms with Crippen molar-refractivity contribution in [3.63, 3.8) is 0 Å². The summed E-state index contributed by atoms with van der Waals surface area (Å²) in [5.41, 5.74) is 0.970. The van der Waals surface area contributed by atoms with Gasteiger partial charge in [-0.25, -0.2) is 0 Å². The third kappa shape index (κ3) is 2.73. The van der Waals surface area contributed by atoms with E-state index in [4.69, 9.17) is 0 Å². The Balaban J connectivity index is 2.74. The molecule has 1 aromatic rings. The molecule has 0 fully saturated rings. The van der Waals surface area contributed by atoms with E-state index in [1.54, 1.807) is 0 Å². The number of methoxy groups -OCH3 is 1. The van der Waals surface area contributed by atoms with Crippen molar-refractivity contribution in [2.45, 2.75) is 0 Å². The van der Waals surface area contributed by atoms with Gasteiger partial charge in [0, 0.05) is 11.5 Å². The number of nitrogens with zero attached hydrogens (tertiary/aromatic N) is 1. The molecular formula is C10H12BrNO2. The van der Waals surface area contributed by atoms with Gasteiger partial charge in [0.25, 0.3) is 0 Å². The van der Waals surface area contributed by atoms with Crippen LogP contribution in [0.2, 0.25) is 0 Å². The van der Waals surface area contributed by atoms with Crippen LogP contribution in [0.1, 0.15) is 0 Å². The standard InChI is InChI=1S/C10H12BrNO2/c1-12(7-10(13)14-2)9-6-4-3-5-8(9)11/h3-6H,7H2,1-2H3. The lowest BCUT2D eigenvalue weighted by molar-refractivity contribution is -0.138. The molecule has 0 aliphatic rings. The summed E-state index contributed by atoms with van der Waals surface area (Å²) < 4.78 is 5.55.